The van der Waals surface area contributed by atoms with Crippen LogP contribution in [0.2, 0.25) is 0 Å². The minimum absolute atomic E-state index is 0.00482. The van der Waals surface area contributed by atoms with Crippen molar-refractivity contribution in [1.82, 2.24) is 15.0 Å². The molecule has 0 saturated heterocycles. The third kappa shape index (κ3) is 2.94. The van der Waals surface area contributed by atoms with Gasteiger partial charge in [0, 0.05) is 18.7 Å². The SMILES string of the molecule is CCc1nc(NC(C)c2ccccn2)cc(=O)[nH]1. The van der Waals surface area contributed by atoms with Crippen molar-refractivity contribution < 1.29 is 0 Å². The molecule has 1 unspecified atom stereocenters. The van der Waals surface area contributed by atoms with Crippen LogP contribution in [0.15, 0.2) is 35.3 Å². The Morgan fingerprint density at radius 1 is 1.44 bits per heavy atom. The molecule has 94 valence electrons. The zero-order chi connectivity index (χ0) is 13.0. The molecule has 2 N–H and O–H groups in total. The first-order valence-electron chi connectivity index (χ1n) is 5.96. The van der Waals surface area contributed by atoms with Crippen molar-refractivity contribution in [3.63, 3.8) is 0 Å². The van der Waals surface area contributed by atoms with Crippen LogP contribution in [0.4, 0.5) is 5.82 Å². The van der Waals surface area contributed by atoms with Gasteiger partial charge in [0.05, 0.1) is 11.7 Å². The van der Waals surface area contributed by atoms with E-state index in [1.807, 2.05) is 32.0 Å². The second-order valence-corrected chi connectivity index (χ2v) is 4.05. The van der Waals surface area contributed by atoms with E-state index < -0.39 is 0 Å². The van der Waals surface area contributed by atoms with Crippen LogP contribution in [0.1, 0.15) is 31.4 Å². The van der Waals surface area contributed by atoms with E-state index in [1.54, 1.807) is 6.20 Å². The Morgan fingerprint density at radius 3 is 2.94 bits per heavy atom. The van der Waals surface area contributed by atoms with Gasteiger partial charge in [-0.15, -0.1) is 0 Å². The van der Waals surface area contributed by atoms with Crippen molar-refractivity contribution in [2.75, 3.05) is 5.32 Å². The maximum Gasteiger partial charge on any atom is 0.252 e. The van der Waals surface area contributed by atoms with Gasteiger partial charge in [-0.2, -0.15) is 0 Å². The summed E-state index contributed by atoms with van der Waals surface area (Å²) in [5.41, 5.74) is 0.773. The number of nitrogens with one attached hydrogen (secondary N) is 2. The first kappa shape index (κ1) is 12.3. The molecule has 0 radical (unpaired) electrons. The fourth-order valence-corrected chi connectivity index (χ4v) is 1.68. The van der Waals surface area contributed by atoms with E-state index in [9.17, 15) is 4.79 Å². The maximum absolute atomic E-state index is 11.4. The maximum atomic E-state index is 11.4. The van der Waals surface area contributed by atoms with E-state index >= 15 is 0 Å². The summed E-state index contributed by atoms with van der Waals surface area (Å²) in [6, 6.07) is 7.20. The molecule has 18 heavy (non-hydrogen) atoms. The molecular weight excluding hydrogens is 228 g/mol. The van der Waals surface area contributed by atoms with E-state index in [0.717, 1.165) is 5.69 Å². The number of aromatic nitrogens is 3. The van der Waals surface area contributed by atoms with E-state index in [4.69, 9.17) is 0 Å². The van der Waals surface area contributed by atoms with Gasteiger partial charge in [0.25, 0.3) is 5.56 Å². The van der Waals surface area contributed by atoms with Crippen LogP contribution >= 0.6 is 0 Å². The van der Waals surface area contributed by atoms with E-state index in [1.165, 1.54) is 6.07 Å². The lowest BCUT2D eigenvalue weighted by atomic mass is 10.2. The summed E-state index contributed by atoms with van der Waals surface area (Å²) in [7, 11) is 0. The van der Waals surface area contributed by atoms with Gasteiger partial charge in [0.2, 0.25) is 0 Å². The topological polar surface area (TPSA) is 70.7 Å². The Labute approximate surface area is 105 Å². The predicted octanol–water partition coefficient (Wildman–Crippen LogP) is 1.90. The van der Waals surface area contributed by atoms with E-state index in [2.05, 4.69) is 20.3 Å². The van der Waals surface area contributed by atoms with Crippen molar-refractivity contribution in [1.29, 1.82) is 0 Å². The van der Waals surface area contributed by atoms with Crippen molar-refractivity contribution in [3.05, 3.63) is 52.3 Å². The van der Waals surface area contributed by atoms with Crippen LogP contribution < -0.4 is 10.9 Å². The van der Waals surface area contributed by atoms with Crippen LogP contribution in [0.3, 0.4) is 0 Å². The van der Waals surface area contributed by atoms with Gasteiger partial charge in [-0.25, -0.2) is 4.98 Å². The largest absolute Gasteiger partial charge is 0.362 e. The molecule has 0 aromatic carbocycles. The summed E-state index contributed by atoms with van der Waals surface area (Å²) in [4.78, 5) is 22.7. The molecule has 1 atom stereocenters. The standard InChI is InChI=1S/C13H16N4O/c1-3-11-16-12(8-13(18)17-11)15-9(2)10-6-4-5-7-14-10/h4-9H,3H2,1-2H3,(H2,15,16,17,18). The number of H-pyrrole nitrogens is 1. The van der Waals surface area contributed by atoms with E-state index in [0.29, 0.717) is 18.1 Å². The molecule has 0 aliphatic heterocycles. The molecule has 2 heterocycles. The first-order valence-corrected chi connectivity index (χ1v) is 5.96. The highest BCUT2D eigenvalue weighted by molar-refractivity contribution is 5.35. The van der Waals surface area contributed by atoms with Crippen molar-refractivity contribution in [2.24, 2.45) is 0 Å². The number of aryl methyl sites for hydroxylation is 1. The Kier molecular flexibility index (Phi) is 3.72. The summed E-state index contributed by atoms with van der Waals surface area (Å²) in [5, 5.41) is 3.18. The summed E-state index contributed by atoms with van der Waals surface area (Å²) < 4.78 is 0. The second-order valence-electron chi connectivity index (χ2n) is 4.05. The number of pyridine rings is 1. The number of nitrogens with zero attached hydrogens (tertiary/aromatic N) is 2. The number of aromatic amines is 1. The summed E-state index contributed by atoms with van der Waals surface area (Å²) in [6.07, 6.45) is 2.44. The highest BCUT2D eigenvalue weighted by atomic mass is 16.1. The van der Waals surface area contributed by atoms with Gasteiger partial charge in [-0.1, -0.05) is 13.0 Å². The molecule has 0 aliphatic carbocycles. The van der Waals surface area contributed by atoms with Gasteiger partial charge in [0.15, 0.2) is 0 Å². The highest BCUT2D eigenvalue weighted by Crippen LogP contribution is 2.14. The molecule has 0 amide bonds. The van der Waals surface area contributed by atoms with Crippen LogP contribution in [0, 0.1) is 0 Å². The van der Waals surface area contributed by atoms with Gasteiger partial charge < -0.3 is 10.3 Å². The van der Waals surface area contributed by atoms with Crippen LogP contribution in [0.25, 0.3) is 0 Å². The Balaban J connectivity index is 2.19. The molecule has 0 spiro atoms. The Bertz CT molecular complexity index is 565. The molecule has 2 aromatic rings. The number of anilines is 1. The summed E-state index contributed by atoms with van der Waals surface area (Å²) >= 11 is 0. The minimum Gasteiger partial charge on any atom is -0.362 e. The molecule has 0 aliphatic rings. The highest BCUT2D eigenvalue weighted by Gasteiger charge is 2.07. The first-order chi connectivity index (χ1) is 8.69. The van der Waals surface area contributed by atoms with Crippen molar-refractivity contribution in [3.8, 4) is 0 Å². The lowest BCUT2D eigenvalue weighted by Gasteiger charge is -2.13. The monoisotopic (exact) mass is 244 g/mol. The number of rotatable bonds is 4. The normalized spacial score (nSPS) is 12.1. The fraction of sp³-hybridized carbons (Fsp3) is 0.308. The Morgan fingerprint density at radius 2 is 2.28 bits per heavy atom. The Hall–Kier alpha value is -2.17. The predicted molar refractivity (Wildman–Crippen MR) is 70.5 cm³/mol. The van der Waals surface area contributed by atoms with Gasteiger partial charge in [0.1, 0.15) is 11.6 Å². The molecule has 0 saturated carbocycles. The number of hydrogen-bond acceptors (Lipinski definition) is 4. The summed E-state index contributed by atoms with van der Waals surface area (Å²) in [6.45, 7) is 3.93. The zero-order valence-electron chi connectivity index (χ0n) is 10.5. The average molecular weight is 244 g/mol. The van der Waals surface area contributed by atoms with Gasteiger partial charge in [-0.05, 0) is 19.1 Å². The molecule has 5 heteroatoms. The molecular formula is C13H16N4O. The fourth-order valence-electron chi connectivity index (χ4n) is 1.68. The molecule has 2 aromatic heterocycles. The van der Waals surface area contributed by atoms with Crippen molar-refractivity contribution in [2.45, 2.75) is 26.3 Å². The third-order valence-corrected chi connectivity index (χ3v) is 2.62. The lowest BCUT2D eigenvalue weighted by Crippen LogP contribution is -2.15. The van der Waals surface area contributed by atoms with Gasteiger partial charge in [-0.3, -0.25) is 9.78 Å². The summed E-state index contributed by atoms with van der Waals surface area (Å²) in [5.74, 6) is 1.26. The zero-order valence-corrected chi connectivity index (χ0v) is 10.5. The van der Waals surface area contributed by atoms with Crippen LogP contribution in [0.5, 0.6) is 0 Å². The molecule has 0 fully saturated rings. The number of hydrogen-bond donors (Lipinski definition) is 2. The van der Waals surface area contributed by atoms with Crippen molar-refractivity contribution >= 4 is 5.82 Å². The molecule has 2 rings (SSSR count). The van der Waals surface area contributed by atoms with E-state index in [-0.39, 0.29) is 11.6 Å². The quantitative estimate of drug-likeness (QED) is 0.861. The second kappa shape index (κ2) is 5.44. The van der Waals surface area contributed by atoms with Crippen LogP contribution in [-0.2, 0) is 6.42 Å². The smallest absolute Gasteiger partial charge is 0.252 e. The molecule has 0 bridgehead atoms. The average Bonchev–Trinajstić information content (AvgIpc) is 2.39. The molecule has 5 nitrogen and oxygen atoms in total. The third-order valence-electron chi connectivity index (χ3n) is 2.62. The van der Waals surface area contributed by atoms with Gasteiger partial charge >= 0.3 is 0 Å². The lowest BCUT2D eigenvalue weighted by molar-refractivity contribution is 0.819. The van der Waals surface area contributed by atoms with Crippen LogP contribution in [-0.4, -0.2) is 15.0 Å². The minimum atomic E-state index is -0.141.